The van der Waals surface area contributed by atoms with Gasteiger partial charge in [-0.2, -0.15) is 0 Å². The third kappa shape index (κ3) is 4.27. The van der Waals surface area contributed by atoms with Crippen molar-refractivity contribution in [3.8, 4) is 11.5 Å². The normalized spacial score (nSPS) is 12.0. The van der Waals surface area contributed by atoms with E-state index in [0.29, 0.717) is 31.6 Å². The van der Waals surface area contributed by atoms with Crippen LogP contribution in [0.25, 0.3) is 0 Å². The van der Waals surface area contributed by atoms with Crippen LogP contribution < -0.4 is 9.47 Å². The molecule has 112 valence electrons. The first-order valence-electron chi connectivity index (χ1n) is 6.10. The second-order valence-corrected chi connectivity index (χ2v) is 5.97. The number of aliphatic hydroxyl groups excluding tert-OH is 1. The van der Waals surface area contributed by atoms with E-state index >= 15 is 0 Å². The Hall–Kier alpha value is -0.940. The summed E-state index contributed by atoms with van der Waals surface area (Å²) in [6.07, 6.45) is -0.793. The fraction of sp³-hybridized carbons (Fsp3) is 0.200. The number of hydrogen-bond donors (Lipinski definition) is 1. The summed E-state index contributed by atoms with van der Waals surface area (Å²) in [6, 6.07) is 10.4. The van der Waals surface area contributed by atoms with Gasteiger partial charge in [-0.1, -0.05) is 35.3 Å². The molecule has 1 unspecified atom stereocenters. The van der Waals surface area contributed by atoms with Gasteiger partial charge in [-0.15, -0.1) is 0 Å². The average molecular weight is 392 g/mol. The second-order valence-electron chi connectivity index (χ2n) is 4.30. The van der Waals surface area contributed by atoms with Crippen LogP contribution in [-0.4, -0.2) is 18.8 Å². The monoisotopic (exact) mass is 390 g/mol. The van der Waals surface area contributed by atoms with Gasteiger partial charge in [-0.3, -0.25) is 0 Å². The average Bonchev–Trinajstić information content (AvgIpc) is 2.49. The highest BCUT2D eigenvalue weighted by Gasteiger charge is 2.12. The molecule has 3 nitrogen and oxygen atoms in total. The third-order valence-electron chi connectivity index (χ3n) is 2.85. The topological polar surface area (TPSA) is 38.7 Å². The van der Waals surface area contributed by atoms with Gasteiger partial charge >= 0.3 is 0 Å². The Morgan fingerprint density at radius 2 is 1.95 bits per heavy atom. The maximum absolute atomic E-state index is 10.2. The molecule has 0 saturated heterocycles. The molecule has 0 bridgehead atoms. The lowest BCUT2D eigenvalue weighted by atomic mass is 10.1. The molecule has 1 N–H and O–H groups in total. The summed E-state index contributed by atoms with van der Waals surface area (Å²) >= 11 is 15.3. The fourth-order valence-electron chi connectivity index (χ4n) is 1.73. The molecule has 0 heterocycles. The van der Waals surface area contributed by atoms with Crippen molar-refractivity contribution >= 4 is 39.1 Å². The molecule has 0 amide bonds. The molecule has 0 aromatic heterocycles. The standard InChI is InChI=1S/C15H13BrCl2O3/c1-20-10-4-2-3-9(5-10)14(19)8-21-15-7-12(17)11(16)6-13(15)18/h2-7,14,19H,8H2,1H3. The number of halogens is 3. The molecule has 0 saturated carbocycles. The Morgan fingerprint density at radius 3 is 2.67 bits per heavy atom. The molecule has 0 radical (unpaired) electrons. The van der Waals surface area contributed by atoms with Crippen molar-refractivity contribution in [1.29, 1.82) is 0 Å². The van der Waals surface area contributed by atoms with Gasteiger partial charge in [0.05, 0.1) is 17.2 Å². The highest BCUT2D eigenvalue weighted by Crippen LogP contribution is 2.34. The van der Waals surface area contributed by atoms with Gasteiger partial charge < -0.3 is 14.6 Å². The largest absolute Gasteiger partial charge is 0.497 e. The van der Waals surface area contributed by atoms with Crippen molar-refractivity contribution in [1.82, 2.24) is 0 Å². The molecule has 0 fully saturated rings. The van der Waals surface area contributed by atoms with Gasteiger partial charge in [0.25, 0.3) is 0 Å². The van der Waals surface area contributed by atoms with Crippen LogP contribution in [-0.2, 0) is 0 Å². The Kier molecular flexibility index (Phi) is 5.76. The summed E-state index contributed by atoms with van der Waals surface area (Å²) in [5.41, 5.74) is 0.702. The smallest absolute Gasteiger partial charge is 0.139 e. The lowest BCUT2D eigenvalue weighted by Crippen LogP contribution is -2.10. The highest BCUT2D eigenvalue weighted by molar-refractivity contribution is 9.10. The molecule has 2 aromatic rings. The number of ether oxygens (including phenoxy) is 2. The summed E-state index contributed by atoms with van der Waals surface area (Å²) < 4.78 is 11.3. The maximum atomic E-state index is 10.2. The Labute approximate surface area is 141 Å². The van der Waals surface area contributed by atoms with Crippen LogP contribution in [0.2, 0.25) is 10.0 Å². The SMILES string of the molecule is COc1cccc(C(O)COc2cc(Cl)c(Br)cc2Cl)c1. The molecular formula is C15H13BrCl2O3. The van der Waals surface area contributed by atoms with Crippen LogP contribution in [0.4, 0.5) is 0 Å². The lowest BCUT2D eigenvalue weighted by molar-refractivity contribution is 0.108. The summed E-state index contributed by atoms with van der Waals surface area (Å²) in [7, 11) is 1.57. The molecule has 1 atom stereocenters. The number of rotatable bonds is 5. The van der Waals surface area contributed by atoms with Crippen molar-refractivity contribution in [3.63, 3.8) is 0 Å². The van der Waals surface area contributed by atoms with Gasteiger partial charge in [0.15, 0.2) is 0 Å². The van der Waals surface area contributed by atoms with E-state index in [0.717, 1.165) is 0 Å². The number of aliphatic hydroxyl groups is 1. The van der Waals surface area contributed by atoms with Gasteiger partial charge in [-0.05, 0) is 39.7 Å². The van der Waals surface area contributed by atoms with E-state index in [2.05, 4.69) is 15.9 Å². The molecule has 6 heteroatoms. The Bertz CT molecular complexity index is 634. The molecule has 0 spiro atoms. The van der Waals surface area contributed by atoms with Gasteiger partial charge in [0.2, 0.25) is 0 Å². The van der Waals surface area contributed by atoms with Crippen LogP contribution in [0.5, 0.6) is 11.5 Å². The zero-order valence-corrected chi connectivity index (χ0v) is 14.2. The predicted molar refractivity (Wildman–Crippen MR) is 87.6 cm³/mol. The van der Waals surface area contributed by atoms with Crippen LogP contribution in [0, 0.1) is 0 Å². The van der Waals surface area contributed by atoms with E-state index in [1.165, 1.54) is 0 Å². The zero-order chi connectivity index (χ0) is 15.4. The third-order valence-corrected chi connectivity index (χ3v) is 4.34. The maximum Gasteiger partial charge on any atom is 0.139 e. The van der Waals surface area contributed by atoms with Crippen molar-refractivity contribution in [2.45, 2.75) is 6.10 Å². The van der Waals surface area contributed by atoms with Gasteiger partial charge in [0, 0.05) is 10.5 Å². The lowest BCUT2D eigenvalue weighted by Gasteiger charge is -2.15. The first-order chi connectivity index (χ1) is 10.0. The Morgan fingerprint density at radius 1 is 1.19 bits per heavy atom. The molecule has 2 aromatic carbocycles. The molecule has 2 rings (SSSR count). The molecule has 0 aliphatic carbocycles. The van der Waals surface area contributed by atoms with Crippen molar-refractivity contribution in [2.75, 3.05) is 13.7 Å². The van der Waals surface area contributed by atoms with Crippen LogP contribution >= 0.6 is 39.1 Å². The van der Waals surface area contributed by atoms with Crippen LogP contribution in [0.3, 0.4) is 0 Å². The number of hydrogen-bond acceptors (Lipinski definition) is 3. The number of methoxy groups -OCH3 is 1. The van der Waals surface area contributed by atoms with Crippen molar-refractivity contribution in [3.05, 3.63) is 56.5 Å². The van der Waals surface area contributed by atoms with Gasteiger partial charge in [0.1, 0.15) is 24.2 Å². The molecular weight excluding hydrogens is 379 g/mol. The fourth-order valence-corrected chi connectivity index (χ4v) is 2.58. The molecule has 0 aliphatic rings. The first kappa shape index (κ1) is 16.4. The van der Waals surface area contributed by atoms with Crippen LogP contribution in [0.15, 0.2) is 40.9 Å². The zero-order valence-electron chi connectivity index (χ0n) is 11.1. The molecule has 21 heavy (non-hydrogen) atoms. The summed E-state index contributed by atoms with van der Waals surface area (Å²) in [5, 5.41) is 11.1. The minimum atomic E-state index is -0.793. The summed E-state index contributed by atoms with van der Waals surface area (Å²) in [5.74, 6) is 1.10. The van der Waals surface area contributed by atoms with E-state index in [4.69, 9.17) is 32.7 Å². The van der Waals surface area contributed by atoms with E-state index in [1.807, 2.05) is 6.07 Å². The van der Waals surface area contributed by atoms with E-state index < -0.39 is 6.10 Å². The van der Waals surface area contributed by atoms with Gasteiger partial charge in [-0.25, -0.2) is 0 Å². The summed E-state index contributed by atoms with van der Waals surface area (Å²) in [6.45, 7) is 0.0604. The predicted octanol–water partition coefficient (Wildman–Crippen LogP) is 4.88. The van der Waals surface area contributed by atoms with Crippen molar-refractivity contribution in [2.24, 2.45) is 0 Å². The summed E-state index contributed by atoms with van der Waals surface area (Å²) in [4.78, 5) is 0. The minimum absolute atomic E-state index is 0.0604. The second kappa shape index (κ2) is 7.36. The van der Waals surface area contributed by atoms with E-state index in [1.54, 1.807) is 37.4 Å². The van der Waals surface area contributed by atoms with Crippen molar-refractivity contribution < 1.29 is 14.6 Å². The first-order valence-corrected chi connectivity index (χ1v) is 7.65. The highest BCUT2D eigenvalue weighted by atomic mass is 79.9. The molecule has 0 aliphatic heterocycles. The minimum Gasteiger partial charge on any atom is -0.497 e. The van der Waals surface area contributed by atoms with E-state index in [-0.39, 0.29) is 6.61 Å². The van der Waals surface area contributed by atoms with Crippen LogP contribution in [0.1, 0.15) is 11.7 Å². The quantitative estimate of drug-likeness (QED) is 0.738. The Balaban J connectivity index is 2.07. The van der Waals surface area contributed by atoms with E-state index in [9.17, 15) is 5.11 Å². The number of benzene rings is 2.